The molecule has 1 atom stereocenters. The molecule has 1 aromatic heterocycles. The molecule has 6 nitrogen and oxygen atoms in total. The smallest absolute Gasteiger partial charge is 0.253 e. The highest BCUT2D eigenvalue weighted by Gasteiger charge is 2.40. The number of phenolic OH excluding ortho intramolecular Hbond substituents is 1. The van der Waals surface area contributed by atoms with Crippen molar-refractivity contribution in [3.63, 3.8) is 0 Å². The molecule has 2 heterocycles. The summed E-state index contributed by atoms with van der Waals surface area (Å²) in [5, 5.41) is 12.4. The van der Waals surface area contributed by atoms with Crippen LogP contribution in [0, 0.1) is 0 Å². The number of para-hydroxylation sites is 2. The second-order valence-corrected chi connectivity index (χ2v) is 9.92. The van der Waals surface area contributed by atoms with E-state index in [4.69, 9.17) is 0 Å². The van der Waals surface area contributed by atoms with Crippen LogP contribution in [0.5, 0.6) is 5.75 Å². The maximum absolute atomic E-state index is 12.8. The molecule has 3 rings (SSSR count). The Labute approximate surface area is 152 Å². The van der Waals surface area contributed by atoms with E-state index in [1.54, 1.807) is 24.3 Å². The molecule has 1 aromatic carbocycles. The third-order valence-corrected chi connectivity index (χ3v) is 7.78. The topological polar surface area (TPSA) is 86.7 Å². The largest absolute Gasteiger partial charge is 0.506 e. The van der Waals surface area contributed by atoms with Crippen molar-refractivity contribution in [3.05, 3.63) is 40.2 Å². The Kier molecular flexibility index (Phi) is 4.95. The van der Waals surface area contributed by atoms with Crippen molar-refractivity contribution in [2.45, 2.75) is 23.1 Å². The fraction of sp³-hybridized carbons (Fsp3) is 0.267. The van der Waals surface area contributed by atoms with Gasteiger partial charge in [-0.25, -0.2) is 8.42 Å². The highest BCUT2D eigenvalue weighted by atomic mass is 79.9. The lowest BCUT2D eigenvalue weighted by molar-refractivity contribution is -0.119. The third-order valence-electron chi connectivity index (χ3n) is 3.78. The van der Waals surface area contributed by atoms with Gasteiger partial charge in [0.15, 0.2) is 0 Å². The third kappa shape index (κ3) is 3.34. The number of rotatable bonds is 4. The predicted octanol–water partition coefficient (Wildman–Crippen LogP) is 3.01. The molecule has 1 aliphatic heterocycles. The van der Waals surface area contributed by atoms with Crippen LogP contribution < -0.4 is 5.32 Å². The number of thiophene rings is 1. The van der Waals surface area contributed by atoms with Crippen molar-refractivity contribution < 1.29 is 18.3 Å². The summed E-state index contributed by atoms with van der Waals surface area (Å²) in [6.07, 6.45) is 1.07. The first-order chi connectivity index (χ1) is 11.4. The minimum atomic E-state index is -3.72. The molecular formula is C15H15BrN2O4S2. The standard InChI is InChI=1S/C15H15BrN2O4S2/c16-13-7-8-14(23-13)24(21,22)18-9-3-5-11(18)15(20)17-10-4-1-2-6-12(10)19/h1-2,4,6-8,11,19H,3,5,9H2,(H,17,20). The molecule has 128 valence electrons. The minimum Gasteiger partial charge on any atom is -0.506 e. The van der Waals surface area contributed by atoms with Crippen LogP contribution in [0.2, 0.25) is 0 Å². The van der Waals surface area contributed by atoms with E-state index in [0.29, 0.717) is 19.4 Å². The maximum atomic E-state index is 12.8. The van der Waals surface area contributed by atoms with E-state index in [1.807, 2.05) is 0 Å². The van der Waals surface area contributed by atoms with Gasteiger partial charge in [-0.05, 0) is 53.0 Å². The molecule has 1 amide bonds. The van der Waals surface area contributed by atoms with Crippen molar-refractivity contribution in [1.29, 1.82) is 0 Å². The van der Waals surface area contributed by atoms with Gasteiger partial charge in [-0.15, -0.1) is 11.3 Å². The van der Waals surface area contributed by atoms with Crippen molar-refractivity contribution >= 4 is 48.9 Å². The van der Waals surface area contributed by atoms with E-state index in [9.17, 15) is 18.3 Å². The highest BCUT2D eigenvalue weighted by Crippen LogP contribution is 2.33. The van der Waals surface area contributed by atoms with Crippen LogP contribution in [0.4, 0.5) is 5.69 Å². The number of nitrogens with zero attached hydrogens (tertiary/aromatic N) is 1. The Bertz CT molecular complexity index is 866. The first-order valence-corrected chi connectivity index (χ1v) is 10.3. The van der Waals surface area contributed by atoms with E-state index < -0.39 is 22.0 Å². The van der Waals surface area contributed by atoms with E-state index in [-0.39, 0.29) is 15.6 Å². The van der Waals surface area contributed by atoms with Gasteiger partial charge in [-0.1, -0.05) is 12.1 Å². The maximum Gasteiger partial charge on any atom is 0.253 e. The van der Waals surface area contributed by atoms with Crippen LogP contribution in [0.25, 0.3) is 0 Å². The number of amides is 1. The molecule has 1 fully saturated rings. The van der Waals surface area contributed by atoms with Gasteiger partial charge in [0, 0.05) is 6.54 Å². The lowest BCUT2D eigenvalue weighted by atomic mass is 10.2. The van der Waals surface area contributed by atoms with Gasteiger partial charge in [-0.3, -0.25) is 4.79 Å². The van der Waals surface area contributed by atoms with Crippen LogP contribution in [0.15, 0.2) is 44.4 Å². The number of hydrogen-bond donors (Lipinski definition) is 2. The molecule has 0 radical (unpaired) electrons. The number of anilines is 1. The molecule has 1 saturated heterocycles. The Balaban J connectivity index is 1.83. The number of halogens is 1. The molecule has 0 saturated carbocycles. The number of nitrogens with one attached hydrogen (secondary N) is 1. The lowest BCUT2D eigenvalue weighted by Gasteiger charge is -2.22. The molecule has 2 aromatic rings. The van der Waals surface area contributed by atoms with Gasteiger partial charge in [0.2, 0.25) is 5.91 Å². The van der Waals surface area contributed by atoms with E-state index in [2.05, 4.69) is 21.2 Å². The first kappa shape index (κ1) is 17.4. The summed E-state index contributed by atoms with van der Waals surface area (Å²) in [4.78, 5) is 12.5. The minimum absolute atomic E-state index is 0.0551. The number of carbonyl (C=O) groups excluding carboxylic acids is 1. The summed E-state index contributed by atoms with van der Waals surface area (Å²) in [6, 6.07) is 8.77. The molecule has 1 aliphatic rings. The zero-order valence-corrected chi connectivity index (χ0v) is 15.7. The highest BCUT2D eigenvalue weighted by molar-refractivity contribution is 9.11. The van der Waals surface area contributed by atoms with Gasteiger partial charge in [-0.2, -0.15) is 4.31 Å². The Hall–Kier alpha value is -1.42. The van der Waals surface area contributed by atoms with E-state index in [1.165, 1.54) is 16.4 Å². The second kappa shape index (κ2) is 6.83. The van der Waals surface area contributed by atoms with Crippen molar-refractivity contribution in [2.75, 3.05) is 11.9 Å². The summed E-state index contributed by atoms with van der Waals surface area (Å²) in [6.45, 7) is 0.302. The monoisotopic (exact) mass is 430 g/mol. The average molecular weight is 431 g/mol. The van der Waals surface area contributed by atoms with Gasteiger partial charge in [0.1, 0.15) is 16.0 Å². The fourth-order valence-corrected chi connectivity index (χ4v) is 6.43. The Morgan fingerprint density at radius 1 is 1.29 bits per heavy atom. The number of hydrogen-bond acceptors (Lipinski definition) is 5. The number of benzene rings is 1. The number of aromatic hydroxyl groups is 1. The van der Waals surface area contributed by atoms with Crippen molar-refractivity contribution in [2.24, 2.45) is 0 Å². The molecule has 0 bridgehead atoms. The fourth-order valence-electron chi connectivity index (χ4n) is 2.64. The van der Waals surface area contributed by atoms with Gasteiger partial charge in [0.25, 0.3) is 10.0 Å². The van der Waals surface area contributed by atoms with Crippen LogP contribution in [0.3, 0.4) is 0 Å². The molecule has 0 aliphatic carbocycles. The second-order valence-electron chi connectivity index (χ2n) is 5.34. The number of sulfonamides is 1. The van der Waals surface area contributed by atoms with Crippen LogP contribution in [0.1, 0.15) is 12.8 Å². The van der Waals surface area contributed by atoms with Crippen molar-refractivity contribution in [1.82, 2.24) is 4.31 Å². The quantitative estimate of drug-likeness (QED) is 0.729. The molecule has 0 spiro atoms. The summed E-state index contributed by atoms with van der Waals surface area (Å²) in [7, 11) is -3.72. The van der Waals surface area contributed by atoms with Gasteiger partial charge < -0.3 is 10.4 Å². The van der Waals surface area contributed by atoms with E-state index in [0.717, 1.165) is 15.1 Å². The zero-order valence-electron chi connectivity index (χ0n) is 12.5. The zero-order chi connectivity index (χ0) is 17.3. The molecule has 2 N–H and O–H groups in total. The predicted molar refractivity (Wildman–Crippen MR) is 95.7 cm³/mol. The number of carbonyl (C=O) groups is 1. The van der Waals surface area contributed by atoms with Crippen molar-refractivity contribution in [3.8, 4) is 5.75 Å². The first-order valence-electron chi connectivity index (χ1n) is 7.25. The lowest BCUT2D eigenvalue weighted by Crippen LogP contribution is -2.42. The summed E-state index contributed by atoms with van der Waals surface area (Å²) in [5.74, 6) is -0.492. The summed E-state index contributed by atoms with van der Waals surface area (Å²) < 4.78 is 27.7. The summed E-state index contributed by atoms with van der Waals surface area (Å²) in [5.41, 5.74) is 0.269. The van der Waals surface area contributed by atoms with E-state index >= 15 is 0 Å². The Morgan fingerprint density at radius 2 is 2.04 bits per heavy atom. The van der Waals surface area contributed by atoms with Gasteiger partial charge in [0.05, 0.1) is 9.47 Å². The number of phenols is 1. The SMILES string of the molecule is O=C(Nc1ccccc1O)C1CCCN1S(=O)(=O)c1ccc(Br)s1. The van der Waals surface area contributed by atoms with Gasteiger partial charge >= 0.3 is 0 Å². The molecule has 24 heavy (non-hydrogen) atoms. The summed E-state index contributed by atoms with van der Waals surface area (Å²) >= 11 is 4.37. The molecular weight excluding hydrogens is 416 g/mol. The van der Waals surface area contributed by atoms with Crippen LogP contribution in [-0.4, -0.2) is 36.3 Å². The average Bonchev–Trinajstić information content (AvgIpc) is 3.18. The van der Waals surface area contributed by atoms with Crippen LogP contribution >= 0.6 is 27.3 Å². The molecule has 9 heteroatoms. The Morgan fingerprint density at radius 3 is 2.71 bits per heavy atom. The normalized spacial score (nSPS) is 18.6. The van der Waals surface area contributed by atoms with Crippen LogP contribution in [-0.2, 0) is 14.8 Å². The molecule has 1 unspecified atom stereocenters.